The quantitative estimate of drug-likeness (QED) is 0.365. The van der Waals surface area contributed by atoms with Gasteiger partial charge in [-0.1, -0.05) is 24.3 Å². The summed E-state index contributed by atoms with van der Waals surface area (Å²) in [6.07, 6.45) is 8.90. The molecule has 0 aliphatic heterocycles. The van der Waals surface area contributed by atoms with Gasteiger partial charge < -0.3 is 20.4 Å². The Bertz CT molecular complexity index is 953. The molecule has 0 bridgehead atoms. The van der Waals surface area contributed by atoms with Crippen LogP contribution in [0.25, 0.3) is 0 Å². The van der Waals surface area contributed by atoms with Crippen molar-refractivity contribution in [2.45, 2.75) is 38.5 Å². The van der Waals surface area contributed by atoms with E-state index >= 15 is 0 Å². The van der Waals surface area contributed by atoms with Crippen molar-refractivity contribution in [1.82, 2.24) is 0 Å². The molecule has 0 saturated carbocycles. The third-order valence-electron chi connectivity index (χ3n) is 4.79. The van der Waals surface area contributed by atoms with Crippen LogP contribution in [-0.2, 0) is 27.2 Å². The van der Waals surface area contributed by atoms with E-state index < -0.39 is 11.6 Å². The molecule has 2 aromatic carbocycles. The van der Waals surface area contributed by atoms with Gasteiger partial charge in [0.2, 0.25) is 11.6 Å². The normalized spacial score (nSPS) is 12.4. The highest BCUT2D eigenvalue weighted by atomic mass is 16.3. The number of phenols is 4. The van der Waals surface area contributed by atoms with Crippen LogP contribution in [0.1, 0.15) is 36.8 Å². The highest BCUT2D eigenvalue weighted by Gasteiger charge is 2.08. The van der Waals surface area contributed by atoms with Crippen molar-refractivity contribution in [3.05, 3.63) is 71.8 Å². The largest absolute Gasteiger partial charge is 0.508 e. The van der Waals surface area contributed by atoms with Crippen LogP contribution in [0, 0.1) is 0 Å². The molecular weight excluding hydrogens is 412 g/mol. The number of benzene rings is 2. The lowest BCUT2D eigenvalue weighted by atomic mass is 10.0. The predicted octanol–water partition coefficient (Wildman–Crippen LogP) is 3.67. The summed E-state index contributed by atoms with van der Waals surface area (Å²) in [5, 5.41) is 37.8. The van der Waals surface area contributed by atoms with E-state index in [0.717, 1.165) is 11.1 Å². The molecular formula is C25H26O7. The van der Waals surface area contributed by atoms with E-state index in [0.29, 0.717) is 38.5 Å². The van der Waals surface area contributed by atoms with Gasteiger partial charge in [0.15, 0.2) is 0 Å². The first-order chi connectivity index (χ1) is 15.3. The van der Waals surface area contributed by atoms with Crippen molar-refractivity contribution in [1.29, 1.82) is 0 Å². The van der Waals surface area contributed by atoms with Crippen molar-refractivity contribution >= 4 is 17.3 Å². The number of ketones is 3. The lowest BCUT2D eigenvalue weighted by Crippen LogP contribution is -2.08. The summed E-state index contributed by atoms with van der Waals surface area (Å²) in [7, 11) is 0. The first-order valence-corrected chi connectivity index (χ1v) is 10.2. The minimum absolute atomic E-state index is 0.0183. The van der Waals surface area contributed by atoms with Crippen LogP contribution in [0.5, 0.6) is 23.0 Å². The van der Waals surface area contributed by atoms with Crippen molar-refractivity contribution in [2.24, 2.45) is 0 Å². The van der Waals surface area contributed by atoms with Crippen molar-refractivity contribution in [3.8, 4) is 23.0 Å². The molecule has 0 fully saturated rings. The summed E-state index contributed by atoms with van der Waals surface area (Å²) in [4.78, 5) is 32.5. The molecule has 0 amide bonds. The number of hydrogen-bond donors (Lipinski definition) is 4. The van der Waals surface area contributed by atoms with Gasteiger partial charge in [-0.15, -0.1) is 0 Å². The average Bonchev–Trinajstić information content (AvgIpc) is 2.74. The zero-order valence-electron chi connectivity index (χ0n) is 17.5. The maximum Gasteiger partial charge on any atom is 0.225 e. The molecule has 0 unspecified atom stereocenters. The average molecular weight is 438 g/mol. The molecule has 0 saturated heterocycles. The molecule has 0 aromatic heterocycles. The molecule has 168 valence electrons. The van der Waals surface area contributed by atoms with Crippen LogP contribution in [0.3, 0.4) is 0 Å². The summed E-state index contributed by atoms with van der Waals surface area (Å²) in [6, 6.07) is 8.93. The number of carbonyl (C=O) groups is 3. The third-order valence-corrected chi connectivity index (χ3v) is 4.79. The van der Waals surface area contributed by atoms with Gasteiger partial charge in [0, 0.05) is 25.0 Å². The summed E-state index contributed by atoms with van der Waals surface area (Å²) < 4.78 is 0. The molecule has 1 aliphatic carbocycles. The van der Waals surface area contributed by atoms with Gasteiger partial charge >= 0.3 is 0 Å². The Morgan fingerprint density at radius 3 is 1.41 bits per heavy atom. The van der Waals surface area contributed by atoms with Gasteiger partial charge in [0.1, 0.15) is 28.8 Å². The lowest BCUT2D eigenvalue weighted by molar-refractivity contribution is -0.131. The Hall–Kier alpha value is -3.87. The van der Waals surface area contributed by atoms with Crippen LogP contribution in [-0.4, -0.2) is 37.8 Å². The van der Waals surface area contributed by atoms with Crippen LogP contribution >= 0.6 is 0 Å². The van der Waals surface area contributed by atoms with E-state index in [1.807, 2.05) is 0 Å². The highest BCUT2D eigenvalue weighted by Crippen LogP contribution is 2.25. The van der Waals surface area contributed by atoms with Crippen molar-refractivity contribution in [3.63, 3.8) is 0 Å². The van der Waals surface area contributed by atoms with Gasteiger partial charge in [-0.3, -0.25) is 14.4 Å². The third kappa shape index (κ3) is 8.10. The molecule has 7 nitrogen and oxygen atoms in total. The van der Waals surface area contributed by atoms with Crippen LogP contribution in [0.2, 0.25) is 0 Å². The Labute approximate surface area is 186 Å². The fourth-order valence-electron chi connectivity index (χ4n) is 3.05. The molecule has 0 atom stereocenters. The van der Waals surface area contributed by atoms with Gasteiger partial charge in [0.25, 0.3) is 0 Å². The molecule has 1 aliphatic rings. The molecule has 2 aromatic rings. The highest BCUT2D eigenvalue weighted by molar-refractivity contribution is 6.46. The fraction of sp³-hybridized carbons (Fsp3) is 0.240. The second-order valence-corrected chi connectivity index (χ2v) is 7.32. The molecule has 3 rings (SSSR count). The van der Waals surface area contributed by atoms with Gasteiger partial charge in [-0.2, -0.15) is 0 Å². The minimum Gasteiger partial charge on any atom is -0.508 e. The van der Waals surface area contributed by atoms with Crippen molar-refractivity contribution < 1.29 is 34.8 Å². The summed E-state index contributed by atoms with van der Waals surface area (Å²) >= 11 is 0. The maximum atomic E-state index is 11.9. The van der Waals surface area contributed by atoms with E-state index in [4.69, 9.17) is 0 Å². The number of phenolic OH excluding ortho intramolecular Hbond substituents is 4. The monoisotopic (exact) mass is 438 g/mol. The maximum absolute atomic E-state index is 11.9. The van der Waals surface area contributed by atoms with Gasteiger partial charge in [-0.25, -0.2) is 0 Å². The fourth-order valence-corrected chi connectivity index (χ4v) is 3.05. The minimum atomic E-state index is -0.437. The topological polar surface area (TPSA) is 132 Å². The zero-order chi connectivity index (χ0) is 23.5. The summed E-state index contributed by atoms with van der Waals surface area (Å²) in [5.74, 6) is -0.600. The van der Waals surface area contributed by atoms with Crippen LogP contribution in [0.4, 0.5) is 0 Å². The number of aryl methyl sites for hydroxylation is 2. The molecule has 7 heteroatoms. The number of hydrogen-bond acceptors (Lipinski definition) is 7. The predicted molar refractivity (Wildman–Crippen MR) is 119 cm³/mol. The van der Waals surface area contributed by atoms with Gasteiger partial charge in [-0.05, 0) is 61.1 Å². The Kier molecular flexibility index (Phi) is 9.22. The van der Waals surface area contributed by atoms with Gasteiger partial charge in [0.05, 0.1) is 0 Å². The van der Waals surface area contributed by atoms with E-state index in [2.05, 4.69) is 0 Å². The van der Waals surface area contributed by atoms with E-state index in [9.17, 15) is 34.8 Å². The van der Waals surface area contributed by atoms with E-state index in [1.165, 1.54) is 36.4 Å². The summed E-state index contributed by atoms with van der Waals surface area (Å²) in [6.45, 7) is 0. The first kappa shape index (κ1) is 24.4. The zero-order valence-corrected chi connectivity index (χ0v) is 17.5. The molecule has 32 heavy (non-hydrogen) atoms. The molecule has 0 radical (unpaired) electrons. The standard InChI is InChI=1S/C19H22O5.C6H4O2/c20-15(5-1-3-13-7-9-16(21)11-18(13)23)6-2-4-14-8-10-17(22)12-19(14)24;7-5-3-1-2-4-6(5)8/h7-12,21-24H,1-6H2;1-4H. The molecule has 0 spiro atoms. The number of Topliss-reactive ketones (excluding diaryl/α,β-unsaturated/α-hetero) is 1. The lowest BCUT2D eigenvalue weighted by Gasteiger charge is -2.06. The smallest absolute Gasteiger partial charge is 0.225 e. The number of aromatic hydroxyl groups is 4. The number of rotatable bonds is 8. The molecule has 0 heterocycles. The first-order valence-electron chi connectivity index (χ1n) is 10.2. The van der Waals surface area contributed by atoms with E-state index in [-0.39, 0.29) is 28.8 Å². The Morgan fingerprint density at radius 1 is 0.656 bits per heavy atom. The molecule has 4 N–H and O–H groups in total. The second-order valence-electron chi connectivity index (χ2n) is 7.32. The van der Waals surface area contributed by atoms with Crippen LogP contribution < -0.4 is 0 Å². The SMILES string of the molecule is O=C(CCCc1ccc(O)cc1O)CCCc1ccc(O)cc1O.O=C1C=CC=CC1=O. The van der Waals surface area contributed by atoms with Crippen LogP contribution in [0.15, 0.2) is 60.7 Å². The summed E-state index contributed by atoms with van der Waals surface area (Å²) in [5.41, 5.74) is 1.43. The van der Waals surface area contributed by atoms with E-state index in [1.54, 1.807) is 24.3 Å². The Balaban J connectivity index is 0.000000380. The second kappa shape index (κ2) is 12.1. The Morgan fingerprint density at radius 2 is 1.06 bits per heavy atom. The number of carbonyl (C=O) groups excluding carboxylic acids is 3. The van der Waals surface area contributed by atoms with Crippen molar-refractivity contribution in [2.75, 3.05) is 0 Å². The number of allylic oxidation sites excluding steroid dienone is 4.